The standard InChI is InChI=1S/C20H23F3N4O5S/c1-25-8-10-26(11-9-25)33(30,31)17-6-7-18(19(12-17)27(28)29)24-13-15-2-4-16(5-3-15)32-14-20(21,22)23/h2-7,12,24H,8-11,13-14H2,1H3. The summed E-state index contributed by atoms with van der Waals surface area (Å²) in [7, 11) is -1.98. The molecular weight excluding hydrogens is 465 g/mol. The summed E-state index contributed by atoms with van der Waals surface area (Å²) in [5, 5.41) is 14.4. The van der Waals surface area contributed by atoms with E-state index in [-0.39, 0.29) is 22.9 Å². The van der Waals surface area contributed by atoms with Crippen LogP contribution in [0.4, 0.5) is 24.5 Å². The molecule has 0 saturated carbocycles. The topological polar surface area (TPSA) is 105 Å². The molecule has 2 aromatic rings. The zero-order valence-electron chi connectivity index (χ0n) is 17.7. The zero-order valence-corrected chi connectivity index (χ0v) is 18.5. The van der Waals surface area contributed by atoms with Crippen LogP contribution in [0.1, 0.15) is 5.56 Å². The molecule has 1 fully saturated rings. The van der Waals surface area contributed by atoms with Gasteiger partial charge in [0.15, 0.2) is 6.61 Å². The Bertz CT molecular complexity index is 1090. The molecule has 9 nitrogen and oxygen atoms in total. The normalized spacial score (nSPS) is 15.9. The smallest absolute Gasteiger partial charge is 0.422 e. The minimum atomic E-state index is -4.44. The number of benzene rings is 2. The molecule has 0 unspecified atom stereocenters. The van der Waals surface area contributed by atoms with Crippen molar-refractivity contribution in [2.45, 2.75) is 17.6 Å². The maximum atomic E-state index is 12.9. The van der Waals surface area contributed by atoms with Crippen LogP contribution in [0.5, 0.6) is 5.75 Å². The van der Waals surface area contributed by atoms with Gasteiger partial charge in [-0.25, -0.2) is 8.42 Å². The van der Waals surface area contributed by atoms with Gasteiger partial charge in [0.1, 0.15) is 11.4 Å². The van der Waals surface area contributed by atoms with Crippen molar-refractivity contribution in [3.8, 4) is 5.75 Å². The lowest BCUT2D eigenvalue weighted by Crippen LogP contribution is -2.47. The van der Waals surface area contributed by atoms with Crippen LogP contribution < -0.4 is 10.1 Å². The first-order valence-corrected chi connectivity index (χ1v) is 11.4. The zero-order chi connectivity index (χ0) is 24.2. The van der Waals surface area contributed by atoms with Crippen LogP contribution in [-0.2, 0) is 16.6 Å². The Hall–Kier alpha value is -2.90. The first-order valence-electron chi connectivity index (χ1n) is 9.95. The number of rotatable bonds is 8. The molecule has 0 radical (unpaired) electrons. The molecule has 3 rings (SSSR count). The average Bonchev–Trinajstić information content (AvgIpc) is 2.76. The lowest BCUT2D eigenvalue weighted by molar-refractivity contribution is -0.384. The van der Waals surface area contributed by atoms with Crippen LogP contribution in [-0.4, -0.2) is 68.6 Å². The van der Waals surface area contributed by atoms with Gasteiger partial charge in [0.2, 0.25) is 10.0 Å². The highest BCUT2D eigenvalue weighted by Gasteiger charge is 2.30. The highest BCUT2D eigenvalue weighted by atomic mass is 32.2. The largest absolute Gasteiger partial charge is 0.484 e. The fraction of sp³-hybridized carbons (Fsp3) is 0.400. The van der Waals surface area contributed by atoms with Crippen LogP contribution >= 0.6 is 0 Å². The predicted molar refractivity (Wildman–Crippen MR) is 115 cm³/mol. The first-order chi connectivity index (χ1) is 15.5. The quantitative estimate of drug-likeness (QED) is 0.450. The molecular formula is C20H23F3N4O5S. The van der Waals surface area contributed by atoms with E-state index in [9.17, 15) is 31.7 Å². The molecule has 0 aromatic heterocycles. The average molecular weight is 488 g/mol. The third-order valence-electron chi connectivity index (χ3n) is 5.07. The van der Waals surface area contributed by atoms with Gasteiger partial charge >= 0.3 is 6.18 Å². The van der Waals surface area contributed by atoms with Gasteiger partial charge in [0, 0.05) is 38.8 Å². The summed E-state index contributed by atoms with van der Waals surface area (Å²) in [4.78, 5) is 12.7. The van der Waals surface area contributed by atoms with Crippen molar-refractivity contribution in [2.75, 3.05) is 45.2 Å². The molecule has 0 aliphatic carbocycles. The molecule has 0 spiro atoms. The molecule has 1 aliphatic heterocycles. The van der Waals surface area contributed by atoms with Crippen molar-refractivity contribution in [2.24, 2.45) is 0 Å². The molecule has 2 aromatic carbocycles. The number of likely N-dealkylation sites (N-methyl/N-ethyl adjacent to an activating group) is 1. The Kier molecular flexibility index (Phi) is 7.44. The van der Waals surface area contributed by atoms with Crippen LogP contribution in [0, 0.1) is 10.1 Å². The van der Waals surface area contributed by atoms with Gasteiger partial charge in [-0.1, -0.05) is 12.1 Å². The van der Waals surface area contributed by atoms with Gasteiger partial charge in [-0.2, -0.15) is 17.5 Å². The van der Waals surface area contributed by atoms with Crippen molar-refractivity contribution >= 4 is 21.4 Å². The minimum Gasteiger partial charge on any atom is -0.484 e. The van der Waals surface area contributed by atoms with E-state index in [1.807, 2.05) is 11.9 Å². The molecule has 1 aliphatic rings. The van der Waals surface area contributed by atoms with E-state index in [0.29, 0.717) is 31.7 Å². The number of nitro groups is 1. The maximum absolute atomic E-state index is 12.9. The third-order valence-corrected chi connectivity index (χ3v) is 6.97. The summed E-state index contributed by atoms with van der Waals surface area (Å²) in [6, 6.07) is 9.46. The number of hydrogen-bond donors (Lipinski definition) is 1. The third kappa shape index (κ3) is 6.55. The van der Waals surface area contributed by atoms with Gasteiger partial charge in [-0.05, 0) is 36.9 Å². The molecule has 0 atom stereocenters. The molecule has 33 heavy (non-hydrogen) atoms. The fourth-order valence-corrected chi connectivity index (χ4v) is 4.66. The number of nitrogens with zero attached hydrogens (tertiary/aromatic N) is 3. The molecule has 1 N–H and O–H groups in total. The summed E-state index contributed by atoms with van der Waals surface area (Å²) < 4.78 is 68.4. The van der Waals surface area contributed by atoms with Crippen molar-refractivity contribution in [3.63, 3.8) is 0 Å². The maximum Gasteiger partial charge on any atom is 0.422 e. The van der Waals surface area contributed by atoms with E-state index in [2.05, 4.69) is 10.1 Å². The number of nitro benzene ring substituents is 1. The lowest BCUT2D eigenvalue weighted by Gasteiger charge is -2.31. The predicted octanol–water partition coefficient (Wildman–Crippen LogP) is 3.08. The molecule has 0 bridgehead atoms. The highest BCUT2D eigenvalue weighted by Crippen LogP contribution is 2.30. The first kappa shape index (κ1) is 24.7. The van der Waals surface area contributed by atoms with Crippen LogP contribution in [0.3, 0.4) is 0 Å². The SMILES string of the molecule is CN1CCN(S(=O)(=O)c2ccc(NCc3ccc(OCC(F)(F)F)cc3)c([N+](=O)[O-])c2)CC1. The van der Waals surface area contributed by atoms with Crippen molar-refractivity contribution in [1.82, 2.24) is 9.21 Å². The Morgan fingerprint density at radius 3 is 2.30 bits per heavy atom. The van der Waals surface area contributed by atoms with E-state index >= 15 is 0 Å². The number of halogens is 3. The number of nitrogens with one attached hydrogen (secondary N) is 1. The number of alkyl halides is 3. The van der Waals surface area contributed by atoms with Crippen molar-refractivity contribution < 1.29 is 31.2 Å². The van der Waals surface area contributed by atoms with Crippen LogP contribution in [0.25, 0.3) is 0 Å². The Labute approximate surface area is 188 Å². The second-order valence-electron chi connectivity index (χ2n) is 7.54. The van der Waals surface area contributed by atoms with Gasteiger partial charge in [0.05, 0.1) is 9.82 Å². The van der Waals surface area contributed by atoms with E-state index in [1.54, 1.807) is 0 Å². The summed E-state index contributed by atoms with van der Waals surface area (Å²) >= 11 is 0. The van der Waals surface area contributed by atoms with E-state index in [4.69, 9.17) is 0 Å². The number of anilines is 1. The van der Waals surface area contributed by atoms with Gasteiger partial charge < -0.3 is 15.0 Å². The Morgan fingerprint density at radius 1 is 1.09 bits per heavy atom. The molecule has 180 valence electrons. The van der Waals surface area contributed by atoms with Crippen LogP contribution in [0.15, 0.2) is 47.4 Å². The van der Waals surface area contributed by atoms with Gasteiger partial charge in [-0.15, -0.1) is 0 Å². The Morgan fingerprint density at radius 2 is 1.73 bits per heavy atom. The summed E-state index contributed by atoms with van der Waals surface area (Å²) in [6.07, 6.45) is -4.44. The minimum absolute atomic E-state index is 0.0421. The van der Waals surface area contributed by atoms with Gasteiger partial charge in [-0.3, -0.25) is 10.1 Å². The number of ether oxygens (including phenoxy) is 1. The lowest BCUT2D eigenvalue weighted by atomic mass is 10.2. The van der Waals surface area contributed by atoms with E-state index in [0.717, 1.165) is 6.07 Å². The summed E-state index contributed by atoms with van der Waals surface area (Å²) in [5.74, 6) is 0.0421. The van der Waals surface area contributed by atoms with Crippen molar-refractivity contribution in [3.05, 3.63) is 58.1 Å². The molecule has 1 heterocycles. The molecule has 1 saturated heterocycles. The highest BCUT2D eigenvalue weighted by molar-refractivity contribution is 7.89. The van der Waals surface area contributed by atoms with E-state index in [1.165, 1.54) is 40.7 Å². The molecule has 13 heteroatoms. The molecule has 0 amide bonds. The van der Waals surface area contributed by atoms with Gasteiger partial charge in [0.25, 0.3) is 5.69 Å². The number of hydrogen-bond acceptors (Lipinski definition) is 7. The van der Waals surface area contributed by atoms with Crippen molar-refractivity contribution in [1.29, 1.82) is 0 Å². The van der Waals surface area contributed by atoms with Crippen LogP contribution in [0.2, 0.25) is 0 Å². The number of sulfonamides is 1. The second-order valence-corrected chi connectivity index (χ2v) is 9.48. The summed E-state index contributed by atoms with van der Waals surface area (Å²) in [5.41, 5.74) is 0.364. The summed E-state index contributed by atoms with van der Waals surface area (Å²) in [6.45, 7) is 0.470. The Balaban J connectivity index is 1.70. The van der Waals surface area contributed by atoms with E-state index < -0.39 is 33.4 Å². The second kappa shape index (κ2) is 9.93. The monoisotopic (exact) mass is 488 g/mol. The number of piperazine rings is 1. The fourth-order valence-electron chi connectivity index (χ4n) is 3.22.